The first-order chi connectivity index (χ1) is 9.81. The van der Waals surface area contributed by atoms with Crippen LogP contribution in [0, 0.1) is 5.92 Å². The van der Waals surface area contributed by atoms with Gasteiger partial charge in [0.05, 0.1) is 11.3 Å². The van der Waals surface area contributed by atoms with E-state index in [9.17, 15) is 18.3 Å². The van der Waals surface area contributed by atoms with Crippen LogP contribution in [0.1, 0.15) is 30.9 Å². The quantitative estimate of drug-likeness (QED) is 0.836. The Morgan fingerprint density at radius 2 is 2.10 bits per heavy atom. The standard InChI is InChI=1S/C15H21F3N2O/c1-10-4-3-5-20(8-10)9-11-6-12(15(16,17)18)14(21)13(7-11)19-2/h6-7,10,19,21H,3-5,8-9H2,1-2H3/t10-/m1/s1. The fourth-order valence-electron chi connectivity index (χ4n) is 2.88. The molecular formula is C15H21F3N2O. The molecule has 6 heteroatoms. The molecule has 0 amide bonds. The number of piperidine rings is 1. The molecule has 1 aliphatic heterocycles. The number of likely N-dealkylation sites (tertiary alicyclic amines) is 1. The van der Waals surface area contributed by atoms with Gasteiger partial charge < -0.3 is 10.4 Å². The fourth-order valence-corrected chi connectivity index (χ4v) is 2.88. The van der Waals surface area contributed by atoms with Crippen molar-refractivity contribution in [2.45, 2.75) is 32.5 Å². The number of phenols is 1. The maximum Gasteiger partial charge on any atom is 0.420 e. The van der Waals surface area contributed by atoms with E-state index in [1.165, 1.54) is 13.5 Å². The van der Waals surface area contributed by atoms with Crippen molar-refractivity contribution in [1.29, 1.82) is 0 Å². The molecule has 1 aromatic rings. The molecule has 1 saturated heterocycles. The SMILES string of the molecule is CNc1cc(CN2CCC[C@@H](C)C2)cc(C(F)(F)F)c1O. The lowest BCUT2D eigenvalue weighted by molar-refractivity contribution is -0.138. The molecule has 2 N–H and O–H groups in total. The molecule has 0 unspecified atom stereocenters. The average molecular weight is 302 g/mol. The van der Waals surface area contributed by atoms with Crippen LogP contribution < -0.4 is 5.32 Å². The van der Waals surface area contributed by atoms with Crippen LogP contribution in [-0.4, -0.2) is 30.1 Å². The third kappa shape index (κ3) is 3.81. The van der Waals surface area contributed by atoms with Crippen LogP contribution in [0.4, 0.5) is 18.9 Å². The highest BCUT2D eigenvalue weighted by Crippen LogP contribution is 2.40. The minimum absolute atomic E-state index is 0.116. The summed E-state index contributed by atoms with van der Waals surface area (Å²) in [6.07, 6.45) is -2.31. The topological polar surface area (TPSA) is 35.5 Å². The Morgan fingerprint density at radius 1 is 1.38 bits per heavy atom. The predicted molar refractivity (Wildman–Crippen MR) is 76.3 cm³/mol. The summed E-state index contributed by atoms with van der Waals surface area (Å²) < 4.78 is 39.0. The summed E-state index contributed by atoms with van der Waals surface area (Å²) in [5.41, 5.74) is -0.294. The second-order valence-corrected chi connectivity index (χ2v) is 5.77. The Balaban J connectivity index is 2.27. The number of hydrogen-bond donors (Lipinski definition) is 2. The number of anilines is 1. The van der Waals surface area contributed by atoms with Gasteiger partial charge in [-0.15, -0.1) is 0 Å². The van der Waals surface area contributed by atoms with E-state index in [2.05, 4.69) is 17.1 Å². The number of phenolic OH excluding ortho intramolecular Hbond substituents is 1. The van der Waals surface area contributed by atoms with E-state index in [1.54, 1.807) is 6.07 Å². The summed E-state index contributed by atoms with van der Waals surface area (Å²) in [5, 5.41) is 12.3. The zero-order valence-corrected chi connectivity index (χ0v) is 12.3. The Morgan fingerprint density at radius 3 is 2.67 bits per heavy atom. The van der Waals surface area contributed by atoms with Crippen molar-refractivity contribution < 1.29 is 18.3 Å². The molecule has 1 aromatic carbocycles. The van der Waals surface area contributed by atoms with Gasteiger partial charge in [-0.3, -0.25) is 4.90 Å². The van der Waals surface area contributed by atoms with E-state index < -0.39 is 17.5 Å². The third-order valence-corrected chi connectivity index (χ3v) is 3.89. The van der Waals surface area contributed by atoms with Gasteiger partial charge in [0.25, 0.3) is 0 Å². The molecule has 0 bridgehead atoms. The van der Waals surface area contributed by atoms with Crippen LogP contribution in [0.15, 0.2) is 12.1 Å². The van der Waals surface area contributed by atoms with Gasteiger partial charge in [0.2, 0.25) is 0 Å². The third-order valence-electron chi connectivity index (χ3n) is 3.89. The number of halogens is 3. The summed E-state index contributed by atoms with van der Waals surface area (Å²) >= 11 is 0. The summed E-state index contributed by atoms with van der Waals surface area (Å²) in [4.78, 5) is 2.17. The molecule has 1 heterocycles. The van der Waals surface area contributed by atoms with Gasteiger partial charge in [-0.2, -0.15) is 13.2 Å². The van der Waals surface area contributed by atoms with Crippen molar-refractivity contribution in [3.8, 4) is 5.75 Å². The molecule has 1 atom stereocenters. The van der Waals surface area contributed by atoms with Gasteiger partial charge in [0, 0.05) is 20.1 Å². The Labute approximate surface area is 122 Å². The fraction of sp³-hybridized carbons (Fsp3) is 0.600. The number of alkyl halides is 3. The molecule has 21 heavy (non-hydrogen) atoms. The number of benzene rings is 1. The van der Waals surface area contributed by atoms with Crippen molar-refractivity contribution in [2.24, 2.45) is 5.92 Å². The highest BCUT2D eigenvalue weighted by molar-refractivity contribution is 5.61. The summed E-state index contributed by atoms with van der Waals surface area (Å²) in [6.45, 7) is 4.43. The Bertz CT molecular complexity index is 502. The Kier molecular flexibility index (Phi) is 4.66. The first-order valence-corrected chi connectivity index (χ1v) is 7.14. The van der Waals surface area contributed by atoms with Gasteiger partial charge in [-0.05, 0) is 43.0 Å². The van der Waals surface area contributed by atoms with Gasteiger partial charge in [0.15, 0.2) is 5.75 Å². The number of rotatable bonds is 3. The van der Waals surface area contributed by atoms with Crippen LogP contribution in [0.2, 0.25) is 0 Å². The molecule has 2 rings (SSSR count). The van der Waals surface area contributed by atoms with Crippen LogP contribution in [0.5, 0.6) is 5.75 Å². The van der Waals surface area contributed by atoms with Crippen LogP contribution in [-0.2, 0) is 12.7 Å². The maximum atomic E-state index is 13.0. The molecule has 0 radical (unpaired) electrons. The lowest BCUT2D eigenvalue weighted by Gasteiger charge is -2.31. The largest absolute Gasteiger partial charge is 0.505 e. The molecule has 0 saturated carbocycles. The lowest BCUT2D eigenvalue weighted by atomic mass is 9.99. The smallest absolute Gasteiger partial charge is 0.420 e. The van der Waals surface area contributed by atoms with Crippen molar-refractivity contribution in [3.05, 3.63) is 23.3 Å². The average Bonchev–Trinajstić information content (AvgIpc) is 2.39. The highest BCUT2D eigenvalue weighted by atomic mass is 19.4. The zero-order chi connectivity index (χ0) is 15.6. The van der Waals surface area contributed by atoms with E-state index >= 15 is 0 Å². The highest BCUT2D eigenvalue weighted by Gasteiger charge is 2.35. The minimum Gasteiger partial charge on any atom is -0.505 e. The van der Waals surface area contributed by atoms with E-state index in [1.807, 2.05) is 0 Å². The minimum atomic E-state index is -4.55. The van der Waals surface area contributed by atoms with Crippen molar-refractivity contribution in [2.75, 3.05) is 25.5 Å². The molecule has 3 nitrogen and oxygen atoms in total. The summed E-state index contributed by atoms with van der Waals surface area (Å²) in [7, 11) is 1.50. The number of aromatic hydroxyl groups is 1. The molecule has 1 fully saturated rings. The number of hydrogen-bond acceptors (Lipinski definition) is 3. The van der Waals surface area contributed by atoms with Crippen LogP contribution in [0.3, 0.4) is 0 Å². The van der Waals surface area contributed by atoms with Gasteiger partial charge >= 0.3 is 6.18 Å². The van der Waals surface area contributed by atoms with Gasteiger partial charge in [-0.1, -0.05) is 6.92 Å². The monoisotopic (exact) mass is 302 g/mol. The maximum absolute atomic E-state index is 13.0. The van der Waals surface area contributed by atoms with E-state index in [0.717, 1.165) is 25.6 Å². The van der Waals surface area contributed by atoms with Crippen LogP contribution >= 0.6 is 0 Å². The molecular weight excluding hydrogens is 281 g/mol. The summed E-state index contributed by atoms with van der Waals surface area (Å²) in [5.74, 6) is -0.164. The van der Waals surface area contributed by atoms with Crippen molar-refractivity contribution in [1.82, 2.24) is 4.90 Å². The molecule has 0 aromatic heterocycles. The second-order valence-electron chi connectivity index (χ2n) is 5.77. The molecule has 0 aliphatic carbocycles. The molecule has 0 spiro atoms. The lowest BCUT2D eigenvalue weighted by Crippen LogP contribution is -2.33. The number of nitrogens with zero attached hydrogens (tertiary/aromatic N) is 1. The van der Waals surface area contributed by atoms with Gasteiger partial charge in [0.1, 0.15) is 0 Å². The normalized spacial score (nSPS) is 20.5. The van der Waals surface area contributed by atoms with E-state index in [4.69, 9.17) is 0 Å². The van der Waals surface area contributed by atoms with Crippen molar-refractivity contribution >= 4 is 5.69 Å². The van der Waals surface area contributed by atoms with Crippen LogP contribution in [0.25, 0.3) is 0 Å². The van der Waals surface area contributed by atoms with E-state index in [0.29, 0.717) is 18.0 Å². The first kappa shape index (κ1) is 15.9. The van der Waals surface area contributed by atoms with Gasteiger partial charge in [-0.25, -0.2) is 0 Å². The molecule has 118 valence electrons. The first-order valence-electron chi connectivity index (χ1n) is 7.14. The Hall–Kier alpha value is -1.43. The summed E-state index contributed by atoms with van der Waals surface area (Å²) in [6, 6.07) is 2.64. The zero-order valence-electron chi connectivity index (χ0n) is 12.3. The predicted octanol–water partition coefficient (Wildman–Crippen LogP) is 3.68. The van der Waals surface area contributed by atoms with Crippen molar-refractivity contribution in [3.63, 3.8) is 0 Å². The number of nitrogens with one attached hydrogen (secondary N) is 1. The van der Waals surface area contributed by atoms with E-state index in [-0.39, 0.29) is 5.69 Å². The second kappa shape index (κ2) is 6.13. The molecule has 1 aliphatic rings.